The zero-order chi connectivity index (χ0) is 25.1. The van der Waals surface area contributed by atoms with Crippen LogP contribution < -0.4 is 5.32 Å². The summed E-state index contributed by atoms with van der Waals surface area (Å²) in [4.78, 5) is 62.0. The standard InChI is InChI=1S/C25H44N2O6/c1-4-7-8-9-10-11-12-13-14-17-21(28)26-20(18-19-24(31)32)25(33)27(22(29)15-5-2)23(30)16-6-3/h20H,4-19H2,1-3H3,(H,26,28)(H,31,32)/t20-/m0/s1. The van der Waals surface area contributed by atoms with E-state index in [2.05, 4.69) is 12.2 Å². The Morgan fingerprint density at radius 2 is 1.15 bits per heavy atom. The van der Waals surface area contributed by atoms with Crippen LogP contribution in [0.25, 0.3) is 0 Å². The summed E-state index contributed by atoms with van der Waals surface area (Å²) in [5.74, 6) is -3.56. The molecule has 33 heavy (non-hydrogen) atoms. The molecule has 0 heterocycles. The first kappa shape index (κ1) is 30.8. The number of carbonyl (C=O) groups is 5. The second-order valence-corrected chi connectivity index (χ2v) is 8.59. The van der Waals surface area contributed by atoms with Gasteiger partial charge in [0.1, 0.15) is 6.04 Å². The van der Waals surface area contributed by atoms with Gasteiger partial charge in [-0.2, -0.15) is 0 Å². The highest BCUT2D eigenvalue weighted by Gasteiger charge is 2.33. The third-order valence-electron chi connectivity index (χ3n) is 5.43. The first-order valence-electron chi connectivity index (χ1n) is 12.7. The molecule has 0 aromatic rings. The molecule has 0 bridgehead atoms. The fourth-order valence-corrected chi connectivity index (χ4v) is 3.58. The maximum Gasteiger partial charge on any atom is 0.303 e. The molecule has 8 heteroatoms. The van der Waals surface area contributed by atoms with Crippen molar-refractivity contribution < 1.29 is 29.1 Å². The van der Waals surface area contributed by atoms with Crippen molar-refractivity contribution in [3.05, 3.63) is 0 Å². The number of carboxylic acids is 1. The number of hydrogen-bond donors (Lipinski definition) is 2. The average molecular weight is 469 g/mol. The average Bonchev–Trinajstić information content (AvgIpc) is 2.75. The topological polar surface area (TPSA) is 121 Å². The van der Waals surface area contributed by atoms with Gasteiger partial charge in [-0.05, 0) is 25.7 Å². The van der Waals surface area contributed by atoms with Gasteiger partial charge in [-0.25, -0.2) is 4.90 Å². The van der Waals surface area contributed by atoms with Crippen molar-refractivity contribution in [1.82, 2.24) is 10.2 Å². The molecule has 0 aliphatic rings. The predicted octanol–water partition coefficient (Wildman–Crippen LogP) is 4.74. The lowest BCUT2D eigenvalue weighted by Gasteiger charge is -2.25. The molecule has 190 valence electrons. The number of nitrogens with one attached hydrogen (secondary N) is 1. The molecule has 0 unspecified atom stereocenters. The second-order valence-electron chi connectivity index (χ2n) is 8.59. The van der Waals surface area contributed by atoms with E-state index in [-0.39, 0.29) is 38.0 Å². The molecule has 2 N–H and O–H groups in total. The highest BCUT2D eigenvalue weighted by molar-refractivity contribution is 6.12. The highest BCUT2D eigenvalue weighted by Crippen LogP contribution is 2.12. The monoisotopic (exact) mass is 468 g/mol. The molecule has 0 fully saturated rings. The number of aliphatic carboxylic acids is 1. The van der Waals surface area contributed by atoms with Gasteiger partial charge in [0, 0.05) is 25.7 Å². The Bertz CT molecular complexity index is 602. The third-order valence-corrected chi connectivity index (χ3v) is 5.43. The number of nitrogens with zero attached hydrogens (tertiary/aromatic N) is 1. The smallest absolute Gasteiger partial charge is 0.303 e. The summed E-state index contributed by atoms with van der Waals surface area (Å²) in [7, 11) is 0. The van der Waals surface area contributed by atoms with Gasteiger partial charge in [-0.15, -0.1) is 0 Å². The van der Waals surface area contributed by atoms with Crippen molar-refractivity contribution in [2.75, 3.05) is 0 Å². The molecule has 0 aliphatic heterocycles. The van der Waals surface area contributed by atoms with E-state index in [4.69, 9.17) is 5.11 Å². The van der Waals surface area contributed by atoms with E-state index in [0.29, 0.717) is 24.2 Å². The number of rotatable bonds is 19. The summed E-state index contributed by atoms with van der Waals surface area (Å²) in [6.45, 7) is 5.72. The Kier molecular flexibility index (Phi) is 17.9. The molecular formula is C25H44N2O6. The van der Waals surface area contributed by atoms with Crippen molar-refractivity contribution >= 4 is 29.6 Å². The van der Waals surface area contributed by atoms with Crippen LogP contribution in [0.15, 0.2) is 0 Å². The maximum atomic E-state index is 13.0. The third kappa shape index (κ3) is 14.5. The summed E-state index contributed by atoms with van der Waals surface area (Å²) in [6.07, 6.45) is 10.6. The van der Waals surface area contributed by atoms with Crippen LogP contribution in [0.2, 0.25) is 0 Å². The number of amides is 4. The van der Waals surface area contributed by atoms with E-state index >= 15 is 0 Å². The van der Waals surface area contributed by atoms with Gasteiger partial charge < -0.3 is 10.4 Å². The van der Waals surface area contributed by atoms with Crippen LogP contribution in [-0.2, 0) is 24.0 Å². The summed E-state index contributed by atoms with van der Waals surface area (Å²) in [5.41, 5.74) is 0. The molecule has 8 nitrogen and oxygen atoms in total. The Hall–Kier alpha value is -2.25. The van der Waals surface area contributed by atoms with Crippen LogP contribution in [0.3, 0.4) is 0 Å². The van der Waals surface area contributed by atoms with E-state index < -0.39 is 29.7 Å². The molecule has 0 spiro atoms. The van der Waals surface area contributed by atoms with Gasteiger partial charge >= 0.3 is 5.97 Å². The van der Waals surface area contributed by atoms with Gasteiger partial charge in [0.15, 0.2) is 0 Å². The fourth-order valence-electron chi connectivity index (χ4n) is 3.58. The van der Waals surface area contributed by atoms with Crippen molar-refractivity contribution in [3.63, 3.8) is 0 Å². The molecule has 0 radical (unpaired) electrons. The van der Waals surface area contributed by atoms with Crippen molar-refractivity contribution in [2.45, 2.75) is 130 Å². The van der Waals surface area contributed by atoms with E-state index in [1.54, 1.807) is 13.8 Å². The lowest BCUT2D eigenvalue weighted by atomic mass is 10.1. The van der Waals surface area contributed by atoms with Crippen LogP contribution in [0, 0.1) is 0 Å². The number of imide groups is 3. The maximum absolute atomic E-state index is 13.0. The summed E-state index contributed by atoms with van der Waals surface area (Å²) >= 11 is 0. The fraction of sp³-hybridized carbons (Fsp3) is 0.800. The first-order valence-corrected chi connectivity index (χ1v) is 12.7. The van der Waals surface area contributed by atoms with Crippen LogP contribution in [0.5, 0.6) is 0 Å². The molecule has 0 rings (SSSR count). The molecule has 0 aromatic carbocycles. The quantitative estimate of drug-likeness (QED) is 0.264. The highest BCUT2D eigenvalue weighted by atomic mass is 16.4. The van der Waals surface area contributed by atoms with Crippen LogP contribution in [-0.4, -0.2) is 45.6 Å². The normalized spacial score (nSPS) is 11.6. The minimum Gasteiger partial charge on any atom is -0.481 e. The number of carboxylic acid groups (broad SMARTS) is 1. The predicted molar refractivity (Wildman–Crippen MR) is 127 cm³/mol. The van der Waals surface area contributed by atoms with E-state index in [9.17, 15) is 24.0 Å². The Morgan fingerprint density at radius 3 is 1.61 bits per heavy atom. The van der Waals surface area contributed by atoms with Gasteiger partial charge in [-0.1, -0.05) is 72.1 Å². The molecule has 0 saturated heterocycles. The lowest BCUT2D eigenvalue weighted by molar-refractivity contribution is -0.156. The summed E-state index contributed by atoms with van der Waals surface area (Å²) < 4.78 is 0. The largest absolute Gasteiger partial charge is 0.481 e. The van der Waals surface area contributed by atoms with Gasteiger partial charge in [0.25, 0.3) is 5.91 Å². The number of hydrogen-bond acceptors (Lipinski definition) is 5. The zero-order valence-corrected chi connectivity index (χ0v) is 20.8. The summed E-state index contributed by atoms with van der Waals surface area (Å²) in [5, 5.41) is 11.6. The van der Waals surface area contributed by atoms with E-state index in [1.807, 2.05) is 0 Å². The minimum absolute atomic E-state index is 0.0270. The number of unbranched alkanes of at least 4 members (excludes halogenated alkanes) is 8. The lowest BCUT2D eigenvalue weighted by Crippen LogP contribution is -2.52. The van der Waals surface area contributed by atoms with Gasteiger partial charge in [-0.3, -0.25) is 24.0 Å². The second kappa shape index (κ2) is 19.2. The molecule has 0 saturated carbocycles. The van der Waals surface area contributed by atoms with Crippen molar-refractivity contribution in [2.24, 2.45) is 0 Å². The minimum atomic E-state index is -1.21. The molecule has 0 aliphatic carbocycles. The van der Waals surface area contributed by atoms with Crippen LogP contribution >= 0.6 is 0 Å². The van der Waals surface area contributed by atoms with E-state index in [0.717, 1.165) is 19.3 Å². The van der Waals surface area contributed by atoms with Crippen molar-refractivity contribution in [1.29, 1.82) is 0 Å². The number of carbonyl (C=O) groups excluding carboxylic acids is 4. The first-order chi connectivity index (χ1) is 15.8. The summed E-state index contributed by atoms with van der Waals surface area (Å²) in [6, 6.07) is -1.21. The zero-order valence-electron chi connectivity index (χ0n) is 20.8. The molecular weight excluding hydrogens is 424 g/mol. The molecule has 1 atom stereocenters. The van der Waals surface area contributed by atoms with E-state index in [1.165, 1.54) is 32.1 Å². The Balaban J connectivity index is 4.86. The Labute approximate surface area is 198 Å². The van der Waals surface area contributed by atoms with Crippen LogP contribution in [0.4, 0.5) is 0 Å². The van der Waals surface area contributed by atoms with Crippen LogP contribution in [0.1, 0.15) is 124 Å². The van der Waals surface area contributed by atoms with Gasteiger partial charge in [0.2, 0.25) is 17.7 Å². The van der Waals surface area contributed by atoms with Gasteiger partial charge in [0.05, 0.1) is 0 Å². The SMILES string of the molecule is CCCCCCCCCCCC(=O)N[C@@H](CCC(=O)O)C(=O)N(C(=O)CCC)C(=O)CCC. The molecule has 0 aromatic heterocycles. The molecule has 4 amide bonds. The van der Waals surface area contributed by atoms with Crippen molar-refractivity contribution in [3.8, 4) is 0 Å². The Morgan fingerprint density at radius 1 is 0.667 bits per heavy atom.